The standard InChI is InChI=1S/C35H38N6O5S2/c1-19(2)23-18-48(42,43)32-29(27-17-21-10-14-37-33(31(21)47-27)39-25-9-8-24-22(25)5-4-13-36-24)28(34-40-41-35(44-3)46-34)26(38-30(23)32)7-6-20-11-15-45-16-12-20/h4-5,10,13-14,17,19-20,23,25H,6-9,11-12,15-16,18H2,1-3H3,(H,37,39)/t23-,25?/m0/s1. The van der Waals surface area contributed by atoms with Crippen LogP contribution in [0.4, 0.5) is 5.82 Å². The molecular weight excluding hydrogens is 649 g/mol. The highest BCUT2D eigenvalue weighted by Gasteiger charge is 2.43. The Labute approximate surface area is 283 Å². The minimum Gasteiger partial charge on any atom is -0.452 e. The molecule has 11 nitrogen and oxygen atoms in total. The van der Waals surface area contributed by atoms with Crippen LogP contribution in [0.1, 0.15) is 74.1 Å². The molecule has 2 aliphatic heterocycles. The van der Waals surface area contributed by atoms with Crippen molar-refractivity contribution in [2.24, 2.45) is 11.8 Å². The molecule has 5 aromatic rings. The summed E-state index contributed by atoms with van der Waals surface area (Å²) in [7, 11) is -2.22. The smallest absolute Gasteiger partial charge is 0.414 e. The lowest BCUT2D eigenvalue weighted by Gasteiger charge is -2.23. The van der Waals surface area contributed by atoms with E-state index in [0.29, 0.717) is 29.2 Å². The Hall–Kier alpha value is -3.94. The van der Waals surface area contributed by atoms with Gasteiger partial charge in [0.2, 0.25) is 0 Å². The maximum Gasteiger partial charge on any atom is 0.414 e. The first-order valence-electron chi connectivity index (χ1n) is 16.6. The Morgan fingerprint density at radius 3 is 2.73 bits per heavy atom. The fourth-order valence-corrected chi connectivity index (χ4v) is 10.9. The van der Waals surface area contributed by atoms with Crippen molar-refractivity contribution in [2.45, 2.75) is 69.2 Å². The predicted octanol–water partition coefficient (Wildman–Crippen LogP) is 6.80. The van der Waals surface area contributed by atoms with E-state index in [0.717, 1.165) is 77.5 Å². The number of rotatable bonds is 9. The minimum atomic E-state index is -3.69. The zero-order valence-electron chi connectivity index (χ0n) is 27.2. The quantitative estimate of drug-likeness (QED) is 0.175. The van der Waals surface area contributed by atoms with E-state index >= 15 is 0 Å². The van der Waals surface area contributed by atoms with Gasteiger partial charge in [0.1, 0.15) is 5.82 Å². The van der Waals surface area contributed by atoms with Gasteiger partial charge in [-0.25, -0.2) is 13.4 Å². The summed E-state index contributed by atoms with van der Waals surface area (Å²) in [5, 5.41) is 13.1. The number of methoxy groups -OCH3 is 1. The molecule has 8 rings (SSSR count). The van der Waals surface area contributed by atoms with Gasteiger partial charge in [0.15, 0.2) is 9.84 Å². The minimum absolute atomic E-state index is 0.00750. The average Bonchev–Trinajstić information content (AvgIpc) is 3.89. The molecule has 13 heteroatoms. The van der Waals surface area contributed by atoms with E-state index in [-0.39, 0.29) is 40.5 Å². The van der Waals surface area contributed by atoms with Gasteiger partial charge >= 0.3 is 6.08 Å². The number of fused-ring (bicyclic) bond motifs is 3. The monoisotopic (exact) mass is 686 g/mol. The van der Waals surface area contributed by atoms with Crippen molar-refractivity contribution in [3.05, 3.63) is 59.3 Å². The van der Waals surface area contributed by atoms with Gasteiger partial charge in [-0.1, -0.05) is 25.0 Å². The van der Waals surface area contributed by atoms with Gasteiger partial charge in [-0.3, -0.25) is 9.97 Å². The second-order valence-electron chi connectivity index (χ2n) is 13.3. The number of aromatic nitrogens is 5. The highest BCUT2D eigenvalue weighted by Crippen LogP contribution is 2.51. The first kappa shape index (κ1) is 31.3. The van der Waals surface area contributed by atoms with Crippen molar-refractivity contribution >= 4 is 37.1 Å². The van der Waals surface area contributed by atoms with E-state index in [9.17, 15) is 8.42 Å². The van der Waals surface area contributed by atoms with Crippen molar-refractivity contribution in [3.8, 4) is 28.0 Å². The summed E-state index contributed by atoms with van der Waals surface area (Å²) in [4.78, 5) is 15.6. The van der Waals surface area contributed by atoms with E-state index in [4.69, 9.17) is 23.9 Å². The third-order valence-electron chi connectivity index (χ3n) is 10.0. The van der Waals surface area contributed by atoms with Crippen LogP contribution in [0.2, 0.25) is 0 Å². The third-order valence-corrected chi connectivity index (χ3v) is 13.0. The third kappa shape index (κ3) is 5.55. The summed E-state index contributed by atoms with van der Waals surface area (Å²) in [6.07, 6.45) is 9.00. The number of thiophene rings is 1. The van der Waals surface area contributed by atoms with Crippen LogP contribution in [0.5, 0.6) is 6.08 Å². The molecule has 3 aliphatic rings. The molecule has 1 N–H and O–H groups in total. The van der Waals surface area contributed by atoms with Crippen molar-refractivity contribution in [2.75, 3.05) is 31.4 Å². The number of nitrogens with one attached hydrogen (secondary N) is 1. The van der Waals surface area contributed by atoms with Gasteiger partial charge in [-0.05, 0) is 79.5 Å². The Balaban J connectivity index is 1.32. The molecule has 0 radical (unpaired) electrons. The fourth-order valence-electron chi connectivity index (χ4n) is 7.45. The molecule has 48 heavy (non-hydrogen) atoms. The maximum atomic E-state index is 14.2. The van der Waals surface area contributed by atoms with Crippen molar-refractivity contribution in [1.82, 2.24) is 25.1 Å². The number of pyridine rings is 3. The highest BCUT2D eigenvalue weighted by atomic mass is 32.2. The zero-order valence-corrected chi connectivity index (χ0v) is 28.9. The van der Waals surface area contributed by atoms with Crippen LogP contribution < -0.4 is 10.1 Å². The lowest BCUT2D eigenvalue weighted by molar-refractivity contribution is 0.0639. The molecule has 1 aliphatic carbocycles. The lowest BCUT2D eigenvalue weighted by atomic mass is 9.89. The van der Waals surface area contributed by atoms with Crippen LogP contribution >= 0.6 is 11.3 Å². The molecule has 7 heterocycles. The van der Waals surface area contributed by atoms with Crippen LogP contribution in [0, 0.1) is 11.8 Å². The van der Waals surface area contributed by atoms with Crippen molar-refractivity contribution < 1.29 is 22.3 Å². The van der Waals surface area contributed by atoms with E-state index in [1.165, 1.54) is 24.0 Å². The Morgan fingerprint density at radius 2 is 1.94 bits per heavy atom. The Morgan fingerprint density at radius 1 is 1.08 bits per heavy atom. The second-order valence-corrected chi connectivity index (χ2v) is 16.3. The summed E-state index contributed by atoms with van der Waals surface area (Å²) < 4.78 is 46.2. The molecule has 5 aromatic heterocycles. The second kappa shape index (κ2) is 12.5. The van der Waals surface area contributed by atoms with Gasteiger partial charge in [0.05, 0.1) is 45.5 Å². The molecule has 0 saturated carbocycles. The Kier molecular flexibility index (Phi) is 8.16. The molecule has 250 valence electrons. The van der Waals surface area contributed by atoms with E-state index in [2.05, 4.69) is 46.5 Å². The molecule has 0 spiro atoms. The van der Waals surface area contributed by atoms with E-state index < -0.39 is 9.84 Å². The fraction of sp³-hybridized carbons (Fsp3) is 0.457. The van der Waals surface area contributed by atoms with Gasteiger partial charge in [0, 0.05) is 47.7 Å². The zero-order chi connectivity index (χ0) is 33.0. The SMILES string of the molecule is COc1nnc(-c2c(CCC3CCOCC3)nc3c(c2-c2cc4ccnc(NC5CCc6ncccc65)c4s2)S(=O)(=O)C[C@H]3C(C)C)o1. The number of anilines is 1. The van der Waals surface area contributed by atoms with Crippen LogP contribution in [0.3, 0.4) is 0 Å². The van der Waals surface area contributed by atoms with Crippen LogP contribution in [-0.4, -0.2) is 59.6 Å². The van der Waals surface area contributed by atoms with Gasteiger partial charge in [-0.15, -0.1) is 16.4 Å². The largest absolute Gasteiger partial charge is 0.452 e. The summed E-state index contributed by atoms with van der Waals surface area (Å²) in [6.45, 7) is 5.64. The van der Waals surface area contributed by atoms with Crippen molar-refractivity contribution in [1.29, 1.82) is 0 Å². The molecule has 1 fully saturated rings. The molecule has 0 bridgehead atoms. The number of hydrogen-bond acceptors (Lipinski definition) is 12. The van der Waals surface area contributed by atoms with Crippen LogP contribution in [-0.2, 0) is 27.4 Å². The summed E-state index contributed by atoms with van der Waals surface area (Å²) in [6, 6.07) is 8.21. The molecule has 1 saturated heterocycles. The number of nitrogens with zero attached hydrogens (tertiary/aromatic N) is 5. The van der Waals surface area contributed by atoms with Gasteiger partial charge in [0.25, 0.3) is 5.89 Å². The summed E-state index contributed by atoms with van der Waals surface area (Å²) in [5.41, 5.74) is 4.86. The first-order valence-corrected chi connectivity index (χ1v) is 19.1. The first-order chi connectivity index (χ1) is 23.3. The Bertz CT molecular complexity index is 2100. The number of ether oxygens (including phenoxy) is 2. The molecule has 0 aromatic carbocycles. The molecule has 0 amide bonds. The topological polar surface area (TPSA) is 142 Å². The summed E-state index contributed by atoms with van der Waals surface area (Å²) in [5.74, 6) is 1.34. The van der Waals surface area contributed by atoms with Crippen LogP contribution in [0.25, 0.3) is 32.0 Å². The number of aryl methyl sites for hydroxylation is 2. The number of hydrogen-bond donors (Lipinski definition) is 1. The average molecular weight is 687 g/mol. The lowest BCUT2D eigenvalue weighted by Crippen LogP contribution is -2.17. The van der Waals surface area contributed by atoms with Gasteiger partial charge in [-0.2, -0.15) is 0 Å². The summed E-state index contributed by atoms with van der Waals surface area (Å²) >= 11 is 1.52. The molecular formula is C35H38N6O5S2. The molecule has 1 unspecified atom stereocenters. The predicted molar refractivity (Wildman–Crippen MR) is 183 cm³/mol. The van der Waals surface area contributed by atoms with E-state index in [1.807, 2.05) is 18.3 Å². The molecule has 2 atom stereocenters. The van der Waals surface area contributed by atoms with Crippen molar-refractivity contribution in [3.63, 3.8) is 0 Å². The highest BCUT2D eigenvalue weighted by molar-refractivity contribution is 7.92. The number of sulfone groups is 1. The maximum absolute atomic E-state index is 14.2. The normalized spacial score (nSPS) is 20.3. The van der Waals surface area contributed by atoms with Crippen LogP contribution in [0.15, 0.2) is 46.0 Å². The van der Waals surface area contributed by atoms with Gasteiger partial charge < -0.3 is 19.2 Å². The van der Waals surface area contributed by atoms with E-state index in [1.54, 1.807) is 6.20 Å².